The van der Waals surface area contributed by atoms with Gasteiger partial charge in [-0.3, -0.25) is 0 Å². The minimum atomic E-state index is 0.654. The van der Waals surface area contributed by atoms with Crippen LogP contribution in [0.15, 0.2) is 48.5 Å². The van der Waals surface area contributed by atoms with Crippen molar-refractivity contribution in [3.8, 4) is 11.4 Å². The summed E-state index contributed by atoms with van der Waals surface area (Å²) in [6.07, 6.45) is 0.874. The van der Waals surface area contributed by atoms with E-state index >= 15 is 0 Å². The van der Waals surface area contributed by atoms with Crippen LogP contribution in [0.4, 0.5) is 0 Å². The fourth-order valence-corrected chi connectivity index (χ4v) is 2.50. The van der Waals surface area contributed by atoms with E-state index in [4.69, 9.17) is 10.7 Å². The number of benzene rings is 2. The smallest absolute Gasteiger partial charge is 0.141 e. The van der Waals surface area contributed by atoms with Gasteiger partial charge in [-0.2, -0.15) is 0 Å². The molecule has 19 heavy (non-hydrogen) atoms. The third-order valence-corrected chi connectivity index (χ3v) is 3.46. The minimum absolute atomic E-state index is 0.654. The van der Waals surface area contributed by atoms with E-state index in [0.29, 0.717) is 6.54 Å². The summed E-state index contributed by atoms with van der Waals surface area (Å²) in [5, 5.41) is 0. The van der Waals surface area contributed by atoms with E-state index in [1.807, 2.05) is 18.2 Å². The van der Waals surface area contributed by atoms with Crippen molar-refractivity contribution in [2.75, 3.05) is 6.54 Å². The number of fused-ring (bicyclic) bond motifs is 1. The van der Waals surface area contributed by atoms with Crippen molar-refractivity contribution in [2.24, 2.45) is 12.8 Å². The fourth-order valence-electron chi connectivity index (χ4n) is 2.50. The van der Waals surface area contributed by atoms with Gasteiger partial charge < -0.3 is 10.3 Å². The summed E-state index contributed by atoms with van der Waals surface area (Å²) < 4.78 is 2.14. The lowest BCUT2D eigenvalue weighted by Crippen LogP contribution is -2.05. The summed E-state index contributed by atoms with van der Waals surface area (Å²) in [6, 6.07) is 16.5. The summed E-state index contributed by atoms with van der Waals surface area (Å²) in [5.74, 6) is 1.00. The lowest BCUT2D eigenvalue weighted by molar-refractivity contribution is 0.937. The van der Waals surface area contributed by atoms with Crippen LogP contribution >= 0.6 is 0 Å². The molecule has 0 fully saturated rings. The molecule has 0 radical (unpaired) electrons. The minimum Gasteiger partial charge on any atom is -0.330 e. The average Bonchev–Trinajstić information content (AvgIpc) is 2.78. The molecule has 0 unspecified atom stereocenters. The highest BCUT2D eigenvalue weighted by Crippen LogP contribution is 2.26. The Morgan fingerprint density at radius 3 is 2.58 bits per heavy atom. The Morgan fingerprint density at radius 1 is 1.05 bits per heavy atom. The van der Waals surface area contributed by atoms with Crippen LogP contribution in [0, 0.1) is 0 Å². The van der Waals surface area contributed by atoms with E-state index in [1.54, 1.807) is 0 Å². The first-order valence-corrected chi connectivity index (χ1v) is 6.51. The van der Waals surface area contributed by atoms with E-state index in [2.05, 4.69) is 41.9 Å². The molecule has 0 bridgehead atoms. The van der Waals surface area contributed by atoms with Gasteiger partial charge in [0.05, 0.1) is 11.0 Å². The zero-order valence-electron chi connectivity index (χ0n) is 11.0. The monoisotopic (exact) mass is 251 g/mol. The fraction of sp³-hybridized carbons (Fsp3) is 0.188. The zero-order valence-corrected chi connectivity index (χ0v) is 11.0. The molecule has 0 aliphatic carbocycles. The van der Waals surface area contributed by atoms with Crippen LogP contribution in [0.25, 0.3) is 22.4 Å². The Bertz CT molecular complexity index is 713. The number of hydrogen-bond acceptors (Lipinski definition) is 2. The van der Waals surface area contributed by atoms with Gasteiger partial charge in [-0.15, -0.1) is 0 Å². The van der Waals surface area contributed by atoms with Crippen molar-refractivity contribution < 1.29 is 0 Å². The number of aryl methyl sites for hydroxylation is 1. The van der Waals surface area contributed by atoms with Crippen LogP contribution in [-0.4, -0.2) is 16.1 Å². The summed E-state index contributed by atoms with van der Waals surface area (Å²) >= 11 is 0. The quantitative estimate of drug-likeness (QED) is 0.778. The van der Waals surface area contributed by atoms with Gasteiger partial charge >= 0.3 is 0 Å². The van der Waals surface area contributed by atoms with Crippen LogP contribution in [0.1, 0.15) is 5.56 Å². The second-order valence-electron chi connectivity index (χ2n) is 4.68. The number of rotatable bonds is 3. The Balaban J connectivity index is 2.22. The number of nitrogens with two attached hydrogens (primary N) is 1. The highest BCUT2D eigenvalue weighted by atomic mass is 15.1. The van der Waals surface area contributed by atoms with Crippen LogP contribution in [0.3, 0.4) is 0 Å². The van der Waals surface area contributed by atoms with Crippen LogP contribution in [-0.2, 0) is 13.5 Å². The molecule has 1 heterocycles. The van der Waals surface area contributed by atoms with E-state index < -0.39 is 0 Å². The normalized spacial score (nSPS) is 11.1. The van der Waals surface area contributed by atoms with Gasteiger partial charge in [-0.05, 0) is 30.7 Å². The SMILES string of the molecule is Cn1c(-c2ccccc2CCN)nc2ccccc21. The topological polar surface area (TPSA) is 43.8 Å². The molecule has 0 atom stereocenters. The Labute approximate surface area is 112 Å². The summed E-state index contributed by atoms with van der Waals surface area (Å²) in [7, 11) is 2.06. The Kier molecular flexibility index (Phi) is 3.05. The number of hydrogen-bond donors (Lipinski definition) is 1. The molecule has 3 rings (SSSR count). The first kappa shape index (κ1) is 11.9. The summed E-state index contributed by atoms with van der Waals surface area (Å²) in [6.45, 7) is 0.654. The molecule has 0 amide bonds. The van der Waals surface area contributed by atoms with Gasteiger partial charge in [0.25, 0.3) is 0 Å². The summed E-state index contributed by atoms with van der Waals surface area (Å²) in [5.41, 5.74) is 10.3. The van der Waals surface area contributed by atoms with Gasteiger partial charge in [0.1, 0.15) is 5.82 Å². The molecule has 3 heteroatoms. The first-order chi connectivity index (χ1) is 9.31. The maximum atomic E-state index is 5.69. The predicted molar refractivity (Wildman–Crippen MR) is 78.9 cm³/mol. The number of imidazole rings is 1. The molecule has 3 aromatic rings. The molecule has 0 saturated heterocycles. The van der Waals surface area contributed by atoms with E-state index in [9.17, 15) is 0 Å². The molecular formula is C16H17N3. The highest BCUT2D eigenvalue weighted by molar-refractivity contribution is 5.81. The number of nitrogens with zero attached hydrogens (tertiary/aromatic N) is 2. The van der Waals surface area contributed by atoms with Gasteiger partial charge in [-0.25, -0.2) is 4.98 Å². The van der Waals surface area contributed by atoms with Crippen LogP contribution < -0.4 is 5.73 Å². The van der Waals surface area contributed by atoms with Crippen LogP contribution in [0.2, 0.25) is 0 Å². The van der Waals surface area contributed by atoms with Gasteiger partial charge in [-0.1, -0.05) is 36.4 Å². The van der Waals surface area contributed by atoms with Gasteiger partial charge in [0, 0.05) is 12.6 Å². The third-order valence-electron chi connectivity index (χ3n) is 3.46. The number of para-hydroxylation sites is 2. The van der Waals surface area contributed by atoms with Crippen molar-refractivity contribution in [2.45, 2.75) is 6.42 Å². The molecule has 96 valence electrons. The van der Waals surface area contributed by atoms with Crippen molar-refractivity contribution in [3.63, 3.8) is 0 Å². The highest BCUT2D eigenvalue weighted by Gasteiger charge is 2.12. The molecular weight excluding hydrogens is 234 g/mol. The van der Waals surface area contributed by atoms with Crippen LogP contribution in [0.5, 0.6) is 0 Å². The molecule has 0 aliphatic rings. The van der Waals surface area contributed by atoms with E-state index in [1.165, 1.54) is 11.1 Å². The average molecular weight is 251 g/mol. The number of aromatic nitrogens is 2. The molecule has 2 aromatic carbocycles. The second kappa shape index (κ2) is 4.86. The zero-order chi connectivity index (χ0) is 13.2. The molecule has 0 spiro atoms. The van der Waals surface area contributed by atoms with Crippen molar-refractivity contribution in [1.82, 2.24) is 9.55 Å². The molecule has 0 aliphatic heterocycles. The van der Waals surface area contributed by atoms with Crippen molar-refractivity contribution in [1.29, 1.82) is 0 Å². The lowest BCUT2D eigenvalue weighted by atomic mass is 10.0. The maximum absolute atomic E-state index is 5.69. The Morgan fingerprint density at radius 2 is 1.79 bits per heavy atom. The van der Waals surface area contributed by atoms with Gasteiger partial charge in [0.15, 0.2) is 0 Å². The Hall–Kier alpha value is -2.13. The van der Waals surface area contributed by atoms with Crippen molar-refractivity contribution >= 4 is 11.0 Å². The molecule has 0 saturated carbocycles. The molecule has 1 aromatic heterocycles. The predicted octanol–water partition coefficient (Wildman–Crippen LogP) is 2.74. The summed E-state index contributed by atoms with van der Waals surface area (Å²) in [4.78, 5) is 4.75. The van der Waals surface area contributed by atoms with E-state index in [-0.39, 0.29) is 0 Å². The largest absolute Gasteiger partial charge is 0.330 e. The van der Waals surface area contributed by atoms with Crippen molar-refractivity contribution in [3.05, 3.63) is 54.1 Å². The first-order valence-electron chi connectivity index (χ1n) is 6.51. The lowest BCUT2D eigenvalue weighted by Gasteiger charge is -2.08. The third kappa shape index (κ3) is 2.02. The standard InChI is InChI=1S/C16H17N3/c1-19-15-9-5-4-8-14(15)18-16(19)13-7-3-2-6-12(13)10-11-17/h2-9H,10-11,17H2,1H3. The second-order valence-corrected chi connectivity index (χ2v) is 4.68. The molecule has 3 nitrogen and oxygen atoms in total. The maximum Gasteiger partial charge on any atom is 0.141 e. The van der Waals surface area contributed by atoms with E-state index in [0.717, 1.165) is 23.3 Å². The molecule has 2 N–H and O–H groups in total. The van der Waals surface area contributed by atoms with Gasteiger partial charge in [0.2, 0.25) is 0 Å².